The van der Waals surface area contributed by atoms with Gasteiger partial charge in [-0.2, -0.15) is 0 Å². The topological polar surface area (TPSA) is 34.1 Å². The van der Waals surface area contributed by atoms with Gasteiger partial charge < -0.3 is 0 Å². The summed E-state index contributed by atoms with van der Waals surface area (Å²) in [4.78, 5) is 23.1. The molecular formula is C14H26O2. The molecule has 0 spiro atoms. The summed E-state index contributed by atoms with van der Waals surface area (Å²) >= 11 is 0. The Balaban J connectivity index is 3.62. The molecule has 0 saturated carbocycles. The summed E-state index contributed by atoms with van der Waals surface area (Å²) in [7, 11) is 0. The molecule has 2 heteroatoms. The predicted molar refractivity (Wildman–Crippen MR) is 67.5 cm³/mol. The summed E-state index contributed by atoms with van der Waals surface area (Å²) in [5.74, 6) is 0.433. The van der Waals surface area contributed by atoms with Crippen LogP contribution in [-0.2, 0) is 9.59 Å². The molecule has 0 radical (unpaired) electrons. The summed E-state index contributed by atoms with van der Waals surface area (Å²) in [5, 5.41) is 0. The van der Waals surface area contributed by atoms with Gasteiger partial charge in [-0.25, -0.2) is 0 Å². The molecule has 0 atom stereocenters. The van der Waals surface area contributed by atoms with Crippen molar-refractivity contribution in [1.82, 2.24) is 0 Å². The first kappa shape index (κ1) is 15.3. The van der Waals surface area contributed by atoms with E-state index in [-0.39, 0.29) is 17.0 Å². The van der Waals surface area contributed by atoms with Gasteiger partial charge in [0.25, 0.3) is 0 Å². The summed E-state index contributed by atoms with van der Waals surface area (Å²) in [6.45, 7) is 7.87. The van der Waals surface area contributed by atoms with Gasteiger partial charge in [0.1, 0.15) is 11.6 Å². The first-order valence-electron chi connectivity index (χ1n) is 6.43. The first-order valence-corrected chi connectivity index (χ1v) is 6.43. The highest BCUT2D eigenvalue weighted by Crippen LogP contribution is 2.18. The van der Waals surface area contributed by atoms with Crippen LogP contribution < -0.4 is 0 Å². The number of rotatable bonds is 8. The van der Waals surface area contributed by atoms with E-state index < -0.39 is 0 Å². The number of Topliss-reactive ketones (excluding diaryl/α,β-unsaturated/α-hetero) is 2. The van der Waals surface area contributed by atoms with Crippen molar-refractivity contribution < 1.29 is 9.59 Å². The Labute approximate surface area is 99.8 Å². The number of hydrogen-bond acceptors (Lipinski definition) is 2. The van der Waals surface area contributed by atoms with E-state index in [1.807, 2.05) is 20.8 Å². The Bertz CT molecular complexity index is 223. The van der Waals surface area contributed by atoms with Crippen LogP contribution in [-0.4, -0.2) is 11.6 Å². The highest BCUT2D eigenvalue weighted by molar-refractivity contribution is 5.88. The lowest BCUT2D eigenvalue weighted by atomic mass is 9.87. The van der Waals surface area contributed by atoms with Gasteiger partial charge in [0.15, 0.2) is 0 Å². The Hall–Kier alpha value is -0.660. The molecule has 0 saturated heterocycles. The monoisotopic (exact) mass is 226 g/mol. The second-order valence-corrected chi connectivity index (χ2v) is 5.52. The van der Waals surface area contributed by atoms with Crippen molar-refractivity contribution in [3.05, 3.63) is 0 Å². The molecule has 2 nitrogen and oxygen atoms in total. The smallest absolute Gasteiger partial charge is 0.138 e. The fraction of sp³-hybridized carbons (Fsp3) is 0.857. The van der Waals surface area contributed by atoms with Crippen LogP contribution in [0.15, 0.2) is 0 Å². The zero-order valence-electron chi connectivity index (χ0n) is 11.3. The molecule has 16 heavy (non-hydrogen) atoms. The van der Waals surface area contributed by atoms with Crippen molar-refractivity contribution in [2.75, 3.05) is 0 Å². The van der Waals surface area contributed by atoms with Crippen molar-refractivity contribution in [2.45, 2.75) is 72.6 Å². The van der Waals surface area contributed by atoms with E-state index in [4.69, 9.17) is 0 Å². The van der Waals surface area contributed by atoms with Crippen LogP contribution >= 0.6 is 0 Å². The second-order valence-electron chi connectivity index (χ2n) is 5.52. The average Bonchev–Trinajstić information content (AvgIpc) is 2.19. The van der Waals surface area contributed by atoms with Gasteiger partial charge in [-0.05, 0) is 6.42 Å². The van der Waals surface area contributed by atoms with Crippen molar-refractivity contribution in [3.63, 3.8) is 0 Å². The maximum Gasteiger partial charge on any atom is 0.138 e. The van der Waals surface area contributed by atoms with Crippen LogP contribution in [0.1, 0.15) is 72.6 Å². The Morgan fingerprint density at radius 2 is 1.50 bits per heavy atom. The van der Waals surface area contributed by atoms with Crippen LogP contribution in [0.5, 0.6) is 0 Å². The van der Waals surface area contributed by atoms with Crippen molar-refractivity contribution in [3.8, 4) is 0 Å². The summed E-state index contributed by atoms with van der Waals surface area (Å²) in [6, 6.07) is 0. The minimum Gasteiger partial charge on any atom is -0.300 e. The number of ketones is 2. The van der Waals surface area contributed by atoms with Gasteiger partial charge >= 0.3 is 0 Å². The van der Waals surface area contributed by atoms with Crippen molar-refractivity contribution in [2.24, 2.45) is 5.41 Å². The fourth-order valence-corrected chi connectivity index (χ4v) is 1.50. The molecule has 0 N–H and O–H groups in total. The van der Waals surface area contributed by atoms with E-state index in [2.05, 4.69) is 6.92 Å². The number of carbonyl (C=O) groups is 2. The molecule has 0 rings (SSSR count). The molecule has 0 heterocycles. The standard InChI is InChI=1S/C14H26O2/c1-5-6-7-8-9-12(15)10-11-13(16)14(2,3)4/h5-11H2,1-4H3. The van der Waals surface area contributed by atoms with Crippen LogP contribution in [0.25, 0.3) is 0 Å². The van der Waals surface area contributed by atoms with Gasteiger partial charge in [-0.3, -0.25) is 9.59 Å². The molecule has 0 unspecified atom stereocenters. The van der Waals surface area contributed by atoms with Crippen LogP contribution in [0.4, 0.5) is 0 Å². The molecule has 0 aliphatic rings. The second kappa shape index (κ2) is 7.59. The van der Waals surface area contributed by atoms with Crippen molar-refractivity contribution in [1.29, 1.82) is 0 Å². The third kappa shape index (κ3) is 7.61. The lowest BCUT2D eigenvalue weighted by molar-refractivity contribution is -0.129. The summed E-state index contributed by atoms with van der Waals surface area (Å²) in [5.41, 5.74) is -0.303. The van der Waals surface area contributed by atoms with Crippen LogP contribution in [0.2, 0.25) is 0 Å². The molecule has 0 amide bonds. The number of unbranched alkanes of at least 4 members (excludes halogenated alkanes) is 3. The predicted octanol–water partition coefficient (Wildman–Crippen LogP) is 3.92. The number of carbonyl (C=O) groups excluding carboxylic acids is 2. The van der Waals surface area contributed by atoms with Gasteiger partial charge in [0.05, 0.1) is 0 Å². The minimum absolute atomic E-state index is 0.189. The van der Waals surface area contributed by atoms with E-state index in [0.29, 0.717) is 19.3 Å². The quantitative estimate of drug-likeness (QED) is 0.588. The molecule has 0 bridgehead atoms. The Kier molecular flexibility index (Phi) is 7.27. The van der Waals surface area contributed by atoms with Gasteiger partial charge in [-0.1, -0.05) is 47.0 Å². The third-order valence-corrected chi connectivity index (χ3v) is 2.78. The van der Waals surface area contributed by atoms with Gasteiger partial charge in [0.2, 0.25) is 0 Å². The SMILES string of the molecule is CCCCCCC(=O)CCC(=O)C(C)(C)C. The Morgan fingerprint density at radius 1 is 0.875 bits per heavy atom. The van der Waals surface area contributed by atoms with E-state index in [1.165, 1.54) is 12.8 Å². The lowest BCUT2D eigenvalue weighted by Crippen LogP contribution is -2.20. The molecule has 0 aliphatic heterocycles. The molecule has 0 aromatic carbocycles. The maximum atomic E-state index is 11.6. The van der Waals surface area contributed by atoms with E-state index >= 15 is 0 Å². The maximum absolute atomic E-state index is 11.6. The highest BCUT2D eigenvalue weighted by Gasteiger charge is 2.21. The zero-order valence-corrected chi connectivity index (χ0v) is 11.3. The van der Waals surface area contributed by atoms with E-state index in [1.54, 1.807) is 0 Å². The average molecular weight is 226 g/mol. The molecular weight excluding hydrogens is 200 g/mol. The van der Waals surface area contributed by atoms with Crippen molar-refractivity contribution >= 4 is 11.6 Å². The van der Waals surface area contributed by atoms with Gasteiger partial charge in [0, 0.05) is 24.7 Å². The van der Waals surface area contributed by atoms with E-state index in [9.17, 15) is 9.59 Å². The normalized spacial score (nSPS) is 11.5. The van der Waals surface area contributed by atoms with Crippen LogP contribution in [0.3, 0.4) is 0 Å². The zero-order chi connectivity index (χ0) is 12.6. The first-order chi connectivity index (χ1) is 7.38. The molecule has 94 valence electrons. The minimum atomic E-state index is -0.303. The number of hydrogen-bond donors (Lipinski definition) is 0. The summed E-state index contributed by atoms with van der Waals surface area (Å²) in [6.07, 6.45) is 6.01. The molecule has 0 aliphatic carbocycles. The largest absolute Gasteiger partial charge is 0.300 e. The van der Waals surface area contributed by atoms with Crippen LogP contribution in [0, 0.1) is 5.41 Å². The Morgan fingerprint density at radius 3 is 2.00 bits per heavy atom. The highest BCUT2D eigenvalue weighted by atomic mass is 16.1. The fourth-order valence-electron chi connectivity index (χ4n) is 1.50. The van der Waals surface area contributed by atoms with Gasteiger partial charge in [-0.15, -0.1) is 0 Å². The summed E-state index contributed by atoms with van der Waals surface area (Å²) < 4.78 is 0. The van der Waals surface area contributed by atoms with E-state index in [0.717, 1.165) is 12.8 Å². The molecule has 0 aromatic heterocycles. The lowest BCUT2D eigenvalue weighted by Gasteiger charge is -2.15. The molecule has 0 fully saturated rings. The third-order valence-electron chi connectivity index (χ3n) is 2.78. The molecule has 0 aromatic rings.